The normalized spacial score (nSPS) is 32.9. The van der Waals surface area contributed by atoms with Crippen LogP contribution in [0.3, 0.4) is 0 Å². The van der Waals surface area contributed by atoms with Crippen molar-refractivity contribution in [2.24, 2.45) is 46.2 Å². The molecule has 4 aliphatic rings. The number of carbonyl (C=O) groups excluding carboxylic acids is 3. The molecule has 10 nitrogen and oxygen atoms in total. The van der Waals surface area contributed by atoms with Crippen molar-refractivity contribution >= 4 is 23.5 Å². The monoisotopic (exact) mass is 668 g/mol. The minimum Gasteiger partial charge on any atom is -0.507 e. The number of carbonyl (C=O) groups is 3. The summed E-state index contributed by atoms with van der Waals surface area (Å²) in [6, 6.07) is 2.36. The van der Waals surface area contributed by atoms with Crippen molar-refractivity contribution in [1.29, 1.82) is 0 Å². The summed E-state index contributed by atoms with van der Waals surface area (Å²) in [5, 5.41) is 44.5. The second-order valence-corrected chi connectivity index (χ2v) is 16.1. The highest BCUT2D eigenvalue weighted by Crippen LogP contribution is 2.67. The Balaban J connectivity index is 1.05. The Kier molecular flexibility index (Phi) is 10.6. The van der Waals surface area contributed by atoms with E-state index in [4.69, 9.17) is 10.5 Å². The quantitative estimate of drug-likeness (QED) is 0.0684. The van der Waals surface area contributed by atoms with Gasteiger partial charge in [0.25, 0.3) is 5.91 Å². The van der Waals surface area contributed by atoms with Crippen LogP contribution in [-0.2, 0) is 14.3 Å². The Morgan fingerprint density at radius 3 is 2.56 bits per heavy atom. The topological polar surface area (TPSA) is 179 Å². The number of hydrogen-bond donors (Lipinski definition) is 6. The number of nitrogens with two attached hydrogens (primary N) is 1. The summed E-state index contributed by atoms with van der Waals surface area (Å²) in [5.41, 5.74) is 5.64. The third-order valence-electron chi connectivity index (χ3n) is 13.0. The van der Waals surface area contributed by atoms with Gasteiger partial charge >= 0.3 is 5.97 Å². The summed E-state index contributed by atoms with van der Waals surface area (Å²) in [6.07, 6.45) is 12.8. The molecule has 0 aliphatic heterocycles. The number of aliphatic hydroxyl groups excluding tert-OH is 1. The van der Waals surface area contributed by atoms with Crippen LogP contribution >= 0.6 is 0 Å². The van der Waals surface area contributed by atoms with E-state index in [1.165, 1.54) is 24.5 Å². The summed E-state index contributed by atoms with van der Waals surface area (Å²) in [4.78, 5) is 36.1. The van der Waals surface area contributed by atoms with Gasteiger partial charge in [0.15, 0.2) is 5.75 Å². The summed E-state index contributed by atoms with van der Waals surface area (Å²) < 4.78 is 5.42. The number of rotatable bonds is 12. The van der Waals surface area contributed by atoms with Crippen LogP contribution in [0.5, 0.6) is 11.5 Å². The Morgan fingerprint density at radius 2 is 1.83 bits per heavy atom. The van der Waals surface area contributed by atoms with Crippen molar-refractivity contribution in [1.82, 2.24) is 0 Å². The second-order valence-electron chi connectivity index (χ2n) is 16.1. The van der Waals surface area contributed by atoms with Gasteiger partial charge in [-0.25, -0.2) is 0 Å². The summed E-state index contributed by atoms with van der Waals surface area (Å²) in [7, 11) is 0. The third-order valence-corrected chi connectivity index (χ3v) is 13.0. The molecule has 0 saturated heterocycles. The number of hydrogen-bond acceptors (Lipinski definition) is 8. The lowest BCUT2D eigenvalue weighted by Crippen LogP contribution is -2.53. The number of fused-ring (bicyclic) bond motifs is 5. The molecule has 0 radical (unpaired) electrons. The highest BCUT2D eigenvalue weighted by atomic mass is 16.5. The SMILES string of the molecule is CC(CCC[C@](C)(O)C1CCC2C3CC=C4C[C@@H](O)CC[C@]4(C)C3CC[C@@]21C)COC(=O)CCC(=O)Nc1ccc(O)c(C(N)=O)c1O. The molecule has 3 saturated carbocycles. The molecule has 4 aliphatic carbocycles. The molecule has 5 rings (SSSR count). The van der Waals surface area contributed by atoms with E-state index in [0.29, 0.717) is 24.2 Å². The molecule has 1 aromatic rings. The zero-order valence-electron chi connectivity index (χ0n) is 29.1. The van der Waals surface area contributed by atoms with E-state index in [2.05, 4.69) is 25.2 Å². The molecule has 0 heterocycles. The maximum Gasteiger partial charge on any atom is 0.306 e. The standard InChI is InChI=1S/C38H56N2O8/c1-22(21-48-32(44)14-13-31(43)40-28-10-11-29(42)33(34(28)45)35(39)46)6-5-17-38(4,47)30-12-9-26-25-8-7-23-20-24(41)15-18-36(23,2)27(25)16-19-37(26,30)3/h7,10-11,22,24-27,30,41-42,45,47H,5-6,8-9,12-21H2,1-4H3,(H2,39,46)(H,40,43)/t22?,24-,25?,26?,27?,30?,36-,37-,38-/m0/s1. The van der Waals surface area contributed by atoms with Gasteiger partial charge in [-0.15, -0.1) is 0 Å². The first-order valence-electron chi connectivity index (χ1n) is 18.0. The predicted molar refractivity (Wildman–Crippen MR) is 182 cm³/mol. The fourth-order valence-corrected chi connectivity index (χ4v) is 10.4. The van der Waals surface area contributed by atoms with E-state index in [9.17, 15) is 34.8 Å². The van der Waals surface area contributed by atoms with Crippen LogP contribution in [0.1, 0.15) is 122 Å². The zero-order valence-corrected chi connectivity index (χ0v) is 29.1. The number of benzene rings is 1. The molecule has 1 aromatic carbocycles. The average molecular weight is 669 g/mol. The molecule has 3 fully saturated rings. The van der Waals surface area contributed by atoms with Crippen molar-refractivity contribution < 1.29 is 39.5 Å². The first kappa shape index (κ1) is 36.2. The van der Waals surface area contributed by atoms with Gasteiger partial charge < -0.3 is 36.2 Å². The Morgan fingerprint density at radius 1 is 1.08 bits per heavy atom. The number of aromatic hydroxyl groups is 2. The van der Waals surface area contributed by atoms with Gasteiger partial charge in [-0.1, -0.05) is 38.8 Å². The van der Waals surface area contributed by atoms with E-state index in [0.717, 1.165) is 57.4 Å². The zero-order chi connectivity index (χ0) is 35.0. The number of aliphatic hydroxyl groups is 2. The maximum absolute atomic E-state index is 12.3. The van der Waals surface area contributed by atoms with Crippen LogP contribution in [0.25, 0.3) is 0 Å². The van der Waals surface area contributed by atoms with Gasteiger partial charge in [0.1, 0.15) is 11.3 Å². The van der Waals surface area contributed by atoms with Crippen molar-refractivity contribution in [3.8, 4) is 11.5 Å². The van der Waals surface area contributed by atoms with Gasteiger partial charge in [-0.05, 0) is 124 Å². The largest absolute Gasteiger partial charge is 0.507 e. The molecule has 5 unspecified atom stereocenters. The van der Waals surface area contributed by atoms with Gasteiger partial charge in [0.05, 0.1) is 30.4 Å². The summed E-state index contributed by atoms with van der Waals surface area (Å²) in [6.45, 7) is 9.17. The number of allylic oxidation sites excluding steroid dienone is 1. The van der Waals surface area contributed by atoms with E-state index >= 15 is 0 Å². The first-order chi connectivity index (χ1) is 22.6. The smallest absolute Gasteiger partial charge is 0.306 e. The number of amides is 2. The van der Waals surface area contributed by atoms with Gasteiger partial charge in [0.2, 0.25) is 5.91 Å². The fraction of sp³-hybridized carbons (Fsp3) is 0.711. The highest BCUT2D eigenvalue weighted by molar-refractivity contribution is 6.02. The van der Waals surface area contributed by atoms with Crippen LogP contribution in [-0.4, -0.2) is 56.5 Å². The number of ether oxygens (including phenoxy) is 1. The minimum atomic E-state index is -1.04. The minimum absolute atomic E-state index is 0.0973. The average Bonchev–Trinajstić information content (AvgIpc) is 3.39. The molecular formula is C38H56N2O8. The number of primary amides is 1. The lowest BCUT2D eigenvalue weighted by molar-refractivity contribution is -0.146. The Bertz CT molecular complexity index is 1420. The number of anilines is 1. The lowest BCUT2D eigenvalue weighted by atomic mass is 9.46. The highest BCUT2D eigenvalue weighted by Gasteiger charge is 2.61. The van der Waals surface area contributed by atoms with Gasteiger partial charge in [0, 0.05) is 6.42 Å². The third kappa shape index (κ3) is 7.11. The molecule has 2 amide bonds. The van der Waals surface area contributed by atoms with Crippen molar-refractivity contribution in [3.05, 3.63) is 29.3 Å². The van der Waals surface area contributed by atoms with Crippen LogP contribution in [0.4, 0.5) is 5.69 Å². The van der Waals surface area contributed by atoms with Crippen molar-refractivity contribution in [2.75, 3.05) is 11.9 Å². The summed E-state index contributed by atoms with van der Waals surface area (Å²) >= 11 is 0. The van der Waals surface area contributed by atoms with Crippen LogP contribution in [0, 0.1) is 40.4 Å². The molecular weight excluding hydrogens is 612 g/mol. The molecule has 0 spiro atoms. The van der Waals surface area contributed by atoms with E-state index in [-0.39, 0.29) is 53.9 Å². The van der Waals surface area contributed by atoms with Crippen molar-refractivity contribution in [3.63, 3.8) is 0 Å². The molecule has 9 atom stereocenters. The Hall–Kier alpha value is -3.11. The second kappa shape index (κ2) is 14.0. The lowest BCUT2D eigenvalue weighted by Gasteiger charge is -2.59. The maximum atomic E-state index is 12.3. The van der Waals surface area contributed by atoms with Crippen LogP contribution < -0.4 is 11.1 Å². The molecule has 48 heavy (non-hydrogen) atoms. The Labute approximate surface area is 284 Å². The van der Waals surface area contributed by atoms with Crippen LogP contribution in [0.15, 0.2) is 23.8 Å². The van der Waals surface area contributed by atoms with Gasteiger partial charge in [-0.3, -0.25) is 14.4 Å². The molecule has 0 bridgehead atoms. The molecule has 0 aromatic heterocycles. The van der Waals surface area contributed by atoms with E-state index < -0.39 is 40.4 Å². The fourth-order valence-electron chi connectivity index (χ4n) is 10.4. The predicted octanol–water partition coefficient (Wildman–Crippen LogP) is 5.96. The van der Waals surface area contributed by atoms with Gasteiger partial charge in [-0.2, -0.15) is 0 Å². The summed E-state index contributed by atoms with van der Waals surface area (Å²) in [5.74, 6) is -0.965. The first-order valence-corrected chi connectivity index (χ1v) is 18.0. The molecule has 10 heteroatoms. The number of phenols is 2. The molecule has 7 N–H and O–H groups in total. The van der Waals surface area contributed by atoms with E-state index in [1.807, 2.05) is 13.8 Å². The number of nitrogens with one attached hydrogen (secondary N) is 1. The number of esters is 1. The van der Waals surface area contributed by atoms with E-state index in [1.54, 1.807) is 0 Å². The van der Waals surface area contributed by atoms with Crippen molar-refractivity contribution in [2.45, 2.75) is 123 Å². The molecule has 266 valence electrons. The van der Waals surface area contributed by atoms with Crippen LogP contribution in [0.2, 0.25) is 0 Å².